The van der Waals surface area contributed by atoms with E-state index < -0.39 is 24.5 Å². The number of rotatable bonds is 5. The summed E-state index contributed by atoms with van der Waals surface area (Å²) in [5, 5.41) is 6.48. The predicted molar refractivity (Wildman–Crippen MR) is 75.8 cm³/mol. The van der Waals surface area contributed by atoms with Crippen molar-refractivity contribution in [1.29, 1.82) is 0 Å². The summed E-state index contributed by atoms with van der Waals surface area (Å²) in [6, 6.07) is 6.25. The van der Waals surface area contributed by atoms with E-state index in [0.29, 0.717) is 6.54 Å². The van der Waals surface area contributed by atoms with Crippen LogP contribution in [0.4, 0.5) is 4.79 Å². The fourth-order valence-corrected chi connectivity index (χ4v) is 2.10. The van der Waals surface area contributed by atoms with Crippen molar-refractivity contribution in [3.63, 3.8) is 0 Å². The molecule has 2 rings (SSSR count). The molecule has 3 amide bonds. The average Bonchev–Trinajstić information content (AvgIpc) is 3.15. The second-order valence-electron chi connectivity index (χ2n) is 3.97. The van der Waals surface area contributed by atoms with E-state index in [2.05, 4.69) is 15.6 Å². The molecular formula is C13H13N3O4S. The van der Waals surface area contributed by atoms with Crippen LogP contribution in [0, 0.1) is 0 Å². The highest BCUT2D eigenvalue weighted by molar-refractivity contribution is 7.09. The summed E-state index contributed by atoms with van der Waals surface area (Å²) in [5.74, 6) is -1.35. The lowest BCUT2D eigenvalue weighted by Gasteiger charge is -2.06. The number of aromatic amines is 1. The van der Waals surface area contributed by atoms with E-state index >= 15 is 0 Å². The van der Waals surface area contributed by atoms with Gasteiger partial charge in [-0.15, -0.1) is 11.3 Å². The Morgan fingerprint density at radius 3 is 2.76 bits per heavy atom. The zero-order valence-corrected chi connectivity index (χ0v) is 11.7. The molecule has 2 aromatic heterocycles. The van der Waals surface area contributed by atoms with Crippen LogP contribution < -0.4 is 10.6 Å². The number of nitrogens with one attached hydrogen (secondary N) is 3. The summed E-state index contributed by atoms with van der Waals surface area (Å²) < 4.78 is 4.74. The molecule has 0 bridgehead atoms. The topological polar surface area (TPSA) is 100 Å². The van der Waals surface area contributed by atoms with E-state index in [-0.39, 0.29) is 5.69 Å². The third kappa shape index (κ3) is 4.77. The minimum atomic E-state index is -0.696. The van der Waals surface area contributed by atoms with Crippen molar-refractivity contribution in [2.24, 2.45) is 0 Å². The molecule has 0 atom stereocenters. The summed E-state index contributed by atoms with van der Waals surface area (Å²) >= 11 is 1.50. The smallest absolute Gasteiger partial charge is 0.355 e. The number of imide groups is 1. The van der Waals surface area contributed by atoms with E-state index in [1.165, 1.54) is 17.4 Å². The second kappa shape index (κ2) is 7.25. The fourth-order valence-electron chi connectivity index (χ4n) is 1.45. The Labute approximate surface area is 124 Å². The number of aromatic nitrogens is 1. The van der Waals surface area contributed by atoms with Crippen molar-refractivity contribution in [3.05, 3.63) is 46.4 Å². The number of hydrogen-bond acceptors (Lipinski definition) is 5. The first-order chi connectivity index (χ1) is 10.1. The van der Waals surface area contributed by atoms with Crippen molar-refractivity contribution in [2.45, 2.75) is 6.54 Å². The Kier molecular flexibility index (Phi) is 5.10. The van der Waals surface area contributed by atoms with Gasteiger partial charge in [0, 0.05) is 11.1 Å². The van der Waals surface area contributed by atoms with Crippen LogP contribution >= 0.6 is 11.3 Å². The Balaban J connectivity index is 1.67. The monoisotopic (exact) mass is 307 g/mol. The Morgan fingerprint density at radius 2 is 2.10 bits per heavy atom. The molecule has 3 N–H and O–H groups in total. The summed E-state index contributed by atoms with van der Waals surface area (Å²) in [6.45, 7) is -0.191. The van der Waals surface area contributed by atoms with Crippen LogP contribution in [0.25, 0.3) is 0 Å². The standard InChI is InChI=1S/C13H13N3O4S/c17-11(8-20-12(18)10-4-1-5-14-10)16-13(19)15-7-9-3-2-6-21-9/h1-6,14H,7-8H2,(H2,15,16,17,19). The number of carbonyl (C=O) groups is 3. The second-order valence-corrected chi connectivity index (χ2v) is 5.00. The number of esters is 1. The van der Waals surface area contributed by atoms with Crippen molar-refractivity contribution < 1.29 is 19.1 Å². The lowest BCUT2D eigenvalue weighted by molar-refractivity contribution is -0.123. The lowest BCUT2D eigenvalue weighted by atomic mass is 10.4. The molecule has 110 valence electrons. The first kappa shape index (κ1) is 14.8. The van der Waals surface area contributed by atoms with Crippen molar-refractivity contribution in [2.75, 3.05) is 6.61 Å². The van der Waals surface area contributed by atoms with Gasteiger partial charge in [0.2, 0.25) is 0 Å². The summed E-state index contributed by atoms with van der Waals surface area (Å²) in [6.07, 6.45) is 1.56. The molecule has 0 aliphatic heterocycles. The zero-order chi connectivity index (χ0) is 15.1. The zero-order valence-electron chi connectivity index (χ0n) is 10.9. The SMILES string of the molecule is O=C(COC(=O)c1ccc[nH]1)NC(=O)NCc1cccs1. The molecule has 21 heavy (non-hydrogen) atoms. The van der Waals surface area contributed by atoms with Gasteiger partial charge in [-0.1, -0.05) is 6.07 Å². The molecule has 0 fully saturated rings. The first-order valence-electron chi connectivity index (χ1n) is 6.06. The Bertz CT molecular complexity index is 607. The van der Waals surface area contributed by atoms with E-state index in [4.69, 9.17) is 4.74 Å². The highest BCUT2D eigenvalue weighted by Crippen LogP contribution is 2.06. The van der Waals surface area contributed by atoms with Crippen LogP contribution in [0.15, 0.2) is 35.8 Å². The molecule has 0 saturated heterocycles. The molecule has 0 unspecified atom stereocenters. The largest absolute Gasteiger partial charge is 0.451 e. The number of amides is 3. The molecule has 0 saturated carbocycles. The van der Waals surface area contributed by atoms with Crippen LogP contribution in [-0.4, -0.2) is 29.5 Å². The number of hydrogen-bond donors (Lipinski definition) is 3. The summed E-state index contributed by atoms with van der Waals surface area (Å²) in [5.41, 5.74) is 0.241. The Hall–Kier alpha value is -2.61. The van der Waals surface area contributed by atoms with Gasteiger partial charge in [-0.05, 0) is 23.6 Å². The molecule has 0 radical (unpaired) electrons. The molecule has 8 heteroatoms. The van der Waals surface area contributed by atoms with Crippen molar-refractivity contribution >= 4 is 29.2 Å². The van der Waals surface area contributed by atoms with E-state index in [1.54, 1.807) is 12.3 Å². The maximum Gasteiger partial charge on any atom is 0.355 e. The van der Waals surface area contributed by atoms with Crippen LogP contribution in [-0.2, 0) is 16.1 Å². The van der Waals surface area contributed by atoms with Crippen LogP contribution in [0.2, 0.25) is 0 Å². The van der Waals surface area contributed by atoms with Crippen molar-refractivity contribution in [3.8, 4) is 0 Å². The number of carbonyl (C=O) groups excluding carboxylic acids is 3. The number of ether oxygens (including phenoxy) is 1. The van der Waals surface area contributed by atoms with Gasteiger partial charge in [-0.25, -0.2) is 9.59 Å². The van der Waals surface area contributed by atoms with Gasteiger partial charge >= 0.3 is 12.0 Å². The molecule has 2 aromatic rings. The van der Waals surface area contributed by atoms with Gasteiger partial charge in [-0.2, -0.15) is 0 Å². The van der Waals surface area contributed by atoms with Crippen molar-refractivity contribution in [1.82, 2.24) is 15.6 Å². The van der Waals surface area contributed by atoms with Crippen LogP contribution in [0.1, 0.15) is 15.4 Å². The maximum absolute atomic E-state index is 11.4. The van der Waals surface area contributed by atoms with Crippen LogP contribution in [0.5, 0.6) is 0 Å². The first-order valence-corrected chi connectivity index (χ1v) is 6.93. The third-order valence-corrected chi connectivity index (χ3v) is 3.28. The van der Waals surface area contributed by atoms with E-state index in [1.807, 2.05) is 17.5 Å². The number of urea groups is 1. The van der Waals surface area contributed by atoms with Gasteiger partial charge in [-0.3, -0.25) is 10.1 Å². The van der Waals surface area contributed by atoms with Gasteiger partial charge < -0.3 is 15.0 Å². The van der Waals surface area contributed by atoms with Gasteiger partial charge in [0.1, 0.15) is 5.69 Å². The molecule has 0 aliphatic carbocycles. The lowest BCUT2D eigenvalue weighted by Crippen LogP contribution is -2.41. The highest BCUT2D eigenvalue weighted by Gasteiger charge is 2.12. The predicted octanol–water partition coefficient (Wildman–Crippen LogP) is 1.26. The molecule has 0 aromatic carbocycles. The maximum atomic E-state index is 11.4. The average molecular weight is 307 g/mol. The summed E-state index contributed by atoms with van der Waals surface area (Å²) in [4.78, 5) is 37.9. The molecule has 7 nitrogen and oxygen atoms in total. The summed E-state index contributed by atoms with van der Waals surface area (Å²) in [7, 11) is 0. The Morgan fingerprint density at radius 1 is 1.24 bits per heavy atom. The minimum absolute atomic E-state index is 0.241. The molecule has 0 spiro atoms. The number of H-pyrrole nitrogens is 1. The minimum Gasteiger partial charge on any atom is -0.451 e. The molecular weight excluding hydrogens is 294 g/mol. The number of thiophene rings is 1. The van der Waals surface area contributed by atoms with E-state index in [9.17, 15) is 14.4 Å². The van der Waals surface area contributed by atoms with Gasteiger partial charge in [0.25, 0.3) is 5.91 Å². The molecule has 0 aliphatic rings. The quantitative estimate of drug-likeness (QED) is 0.724. The molecule has 2 heterocycles. The van der Waals surface area contributed by atoms with E-state index in [0.717, 1.165) is 4.88 Å². The van der Waals surface area contributed by atoms with Gasteiger partial charge in [0.15, 0.2) is 6.61 Å². The van der Waals surface area contributed by atoms with Gasteiger partial charge in [0.05, 0.1) is 6.54 Å². The van der Waals surface area contributed by atoms with Crippen LogP contribution in [0.3, 0.4) is 0 Å². The fraction of sp³-hybridized carbons (Fsp3) is 0.154. The normalized spacial score (nSPS) is 9.90. The third-order valence-electron chi connectivity index (χ3n) is 2.41. The highest BCUT2D eigenvalue weighted by atomic mass is 32.1.